The summed E-state index contributed by atoms with van der Waals surface area (Å²) in [4.78, 5) is 34.6. The van der Waals surface area contributed by atoms with Gasteiger partial charge in [0.05, 0.1) is 16.6 Å². The van der Waals surface area contributed by atoms with Crippen molar-refractivity contribution in [2.75, 3.05) is 37.6 Å². The summed E-state index contributed by atoms with van der Waals surface area (Å²) in [6.45, 7) is 5.71. The molecule has 0 spiro atoms. The average molecular weight is 579 g/mol. The molecule has 208 valence electrons. The van der Waals surface area contributed by atoms with Crippen LogP contribution in [-0.4, -0.2) is 60.5 Å². The number of amides is 2. The molecular formula is C31H33Cl2N5O2. The maximum absolute atomic E-state index is 13.6. The number of carbonyl (C=O) groups excluding carboxylic acids is 2. The van der Waals surface area contributed by atoms with E-state index in [-0.39, 0.29) is 30.8 Å². The minimum absolute atomic E-state index is 0.172. The standard InChI is InChI=1S/C31H33Cl2N5O2/c1-21(25-19-34-28-10-6-5-9-24(25)28)30(31(40)35-18-22-11-12-26(32)27(33)17-22)36-29(39)20-37-13-15-38(16-14-37)23-7-3-2-4-8-23/h2-12,17,19,21,30,34H,13-16,18,20H2,1H3,(H,35,40)(H,36,39). The van der Waals surface area contributed by atoms with Crippen molar-refractivity contribution >= 4 is 51.6 Å². The first-order valence-corrected chi connectivity index (χ1v) is 14.2. The number of H-pyrrole nitrogens is 1. The molecule has 9 heteroatoms. The largest absolute Gasteiger partial charge is 0.369 e. The zero-order valence-electron chi connectivity index (χ0n) is 22.4. The Kier molecular flexibility index (Phi) is 8.94. The number of rotatable bonds is 9. The lowest BCUT2D eigenvalue weighted by Gasteiger charge is -2.36. The van der Waals surface area contributed by atoms with Crippen LogP contribution in [0.4, 0.5) is 5.69 Å². The number of aromatic amines is 1. The van der Waals surface area contributed by atoms with Crippen LogP contribution in [0.15, 0.2) is 79.0 Å². The number of para-hydroxylation sites is 2. The molecule has 0 saturated carbocycles. The Morgan fingerprint density at radius 3 is 2.40 bits per heavy atom. The molecule has 40 heavy (non-hydrogen) atoms. The molecule has 2 amide bonds. The van der Waals surface area contributed by atoms with E-state index in [0.717, 1.165) is 48.2 Å². The molecule has 2 atom stereocenters. The number of hydrogen-bond acceptors (Lipinski definition) is 4. The highest BCUT2D eigenvalue weighted by Gasteiger charge is 2.30. The van der Waals surface area contributed by atoms with Gasteiger partial charge in [-0.2, -0.15) is 0 Å². The quantitative estimate of drug-likeness (QED) is 0.255. The number of nitrogens with zero attached hydrogens (tertiary/aromatic N) is 2. The summed E-state index contributed by atoms with van der Waals surface area (Å²) in [6.07, 6.45) is 1.92. The smallest absolute Gasteiger partial charge is 0.243 e. The van der Waals surface area contributed by atoms with Crippen LogP contribution in [0.2, 0.25) is 10.0 Å². The first-order valence-electron chi connectivity index (χ1n) is 13.5. The van der Waals surface area contributed by atoms with E-state index in [1.54, 1.807) is 12.1 Å². The third kappa shape index (κ3) is 6.61. The van der Waals surface area contributed by atoms with Crippen LogP contribution in [0.5, 0.6) is 0 Å². The van der Waals surface area contributed by atoms with Crippen molar-refractivity contribution in [1.29, 1.82) is 0 Å². The number of anilines is 1. The Hall–Kier alpha value is -3.52. The van der Waals surface area contributed by atoms with Crippen LogP contribution in [0.3, 0.4) is 0 Å². The number of hydrogen-bond donors (Lipinski definition) is 3. The zero-order chi connectivity index (χ0) is 28.1. The third-order valence-corrected chi connectivity index (χ3v) is 8.26. The predicted molar refractivity (Wildman–Crippen MR) is 162 cm³/mol. The van der Waals surface area contributed by atoms with E-state index in [0.29, 0.717) is 10.0 Å². The summed E-state index contributed by atoms with van der Waals surface area (Å²) in [5.74, 6) is -0.704. The number of aromatic nitrogens is 1. The van der Waals surface area contributed by atoms with E-state index >= 15 is 0 Å². The number of halogens is 2. The Labute approximate surface area is 244 Å². The lowest BCUT2D eigenvalue weighted by molar-refractivity contribution is -0.130. The fourth-order valence-corrected chi connectivity index (χ4v) is 5.56. The fraction of sp³-hybridized carbons (Fsp3) is 0.290. The fourth-order valence-electron chi connectivity index (χ4n) is 5.24. The molecule has 0 bridgehead atoms. The number of benzene rings is 3. The van der Waals surface area contributed by atoms with Crippen molar-refractivity contribution in [3.63, 3.8) is 0 Å². The number of piperazine rings is 1. The van der Waals surface area contributed by atoms with Crippen LogP contribution in [0, 0.1) is 0 Å². The van der Waals surface area contributed by atoms with Gasteiger partial charge in [0.2, 0.25) is 11.8 Å². The van der Waals surface area contributed by atoms with Crippen molar-refractivity contribution in [3.8, 4) is 0 Å². The molecule has 1 fully saturated rings. The summed E-state index contributed by atoms with van der Waals surface area (Å²) in [7, 11) is 0. The molecule has 1 aliphatic heterocycles. The van der Waals surface area contributed by atoms with Gasteiger partial charge in [0.15, 0.2) is 0 Å². The van der Waals surface area contributed by atoms with Gasteiger partial charge < -0.3 is 20.5 Å². The minimum atomic E-state index is -0.764. The Balaban J connectivity index is 1.26. The van der Waals surface area contributed by atoms with Gasteiger partial charge in [0.25, 0.3) is 0 Å². The highest BCUT2D eigenvalue weighted by atomic mass is 35.5. The predicted octanol–water partition coefficient (Wildman–Crippen LogP) is 5.20. The molecule has 2 heterocycles. The summed E-state index contributed by atoms with van der Waals surface area (Å²) in [6, 6.07) is 22.8. The zero-order valence-corrected chi connectivity index (χ0v) is 23.9. The van der Waals surface area contributed by atoms with Crippen LogP contribution in [0.1, 0.15) is 24.0 Å². The summed E-state index contributed by atoms with van der Waals surface area (Å²) in [5.41, 5.74) is 3.98. The van der Waals surface area contributed by atoms with Gasteiger partial charge in [-0.15, -0.1) is 0 Å². The van der Waals surface area contributed by atoms with Gasteiger partial charge in [0, 0.05) is 61.4 Å². The van der Waals surface area contributed by atoms with E-state index in [2.05, 4.69) is 37.6 Å². The Morgan fingerprint density at radius 2 is 1.65 bits per heavy atom. The molecule has 7 nitrogen and oxygen atoms in total. The second kappa shape index (κ2) is 12.8. The Morgan fingerprint density at radius 1 is 0.925 bits per heavy atom. The maximum Gasteiger partial charge on any atom is 0.243 e. The van der Waals surface area contributed by atoms with Gasteiger partial charge >= 0.3 is 0 Å². The molecule has 1 aromatic heterocycles. The topological polar surface area (TPSA) is 80.5 Å². The highest BCUT2D eigenvalue weighted by molar-refractivity contribution is 6.42. The van der Waals surface area contributed by atoms with Crippen molar-refractivity contribution in [3.05, 3.63) is 100 Å². The van der Waals surface area contributed by atoms with E-state index < -0.39 is 6.04 Å². The van der Waals surface area contributed by atoms with Gasteiger partial charge in [-0.25, -0.2) is 0 Å². The summed E-state index contributed by atoms with van der Waals surface area (Å²) < 4.78 is 0. The second-order valence-electron chi connectivity index (χ2n) is 10.2. The van der Waals surface area contributed by atoms with Crippen molar-refractivity contribution in [1.82, 2.24) is 20.5 Å². The van der Waals surface area contributed by atoms with Gasteiger partial charge in [0.1, 0.15) is 6.04 Å². The van der Waals surface area contributed by atoms with E-state index in [9.17, 15) is 9.59 Å². The molecular weight excluding hydrogens is 545 g/mol. The Bertz CT molecular complexity index is 1470. The van der Waals surface area contributed by atoms with Gasteiger partial charge in [-0.05, 0) is 41.5 Å². The monoisotopic (exact) mass is 577 g/mol. The normalized spacial score (nSPS) is 15.5. The van der Waals surface area contributed by atoms with Gasteiger partial charge in [-0.1, -0.05) is 72.6 Å². The molecule has 3 N–H and O–H groups in total. The van der Waals surface area contributed by atoms with Crippen LogP contribution < -0.4 is 15.5 Å². The van der Waals surface area contributed by atoms with Crippen molar-refractivity contribution < 1.29 is 9.59 Å². The number of carbonyl (C=O) groups is 2. The molecule has 4 aromatic rings. The molecule has 1 saturated heterocycles. The lowest BCUT2D eigenvalue weighted by atomic mass is 9.92. The first-order chi connectivity index (χ1) is 19.4. The molecule has 3 aromatic carbocycles. The maximum atomic E-state index is 13.6. The summed E-state index contributed by atoms with van der Waals surface area (Å²) in [5, 5.41) is 7.95. The van der Waals surface area contributed by atoms with E-state index in [4.69, 9.17) is 23.2 Å². The molecule has 5 rings (SSSR count). The SMILES string of the molecule is CC(c1c[nH]c2ccccc12)C(NC(=O)CN1CCN(c2ccccc2)CC1)C(=O)NCc1ccc(Cl)c(Cl)c1. The second-order valence-corrected chi connectivity index (χ2v) is 11.0. The van der Waals surface area contributed by atoms with Gasteiger partial charge in [-0.3, -0.25) is 14.5 Å². The highest BCUT2D eigenvalue weighted by Crippen LogP contribution is 2.28. The molecule has 2 unspecified atom stereocenters. The lowest BCUT2D eigenvalue weighted by Crippen LogP contribution is -2.54. The summed E-state index contributed by atoms with van der Waals surface area (Å²) >= 11 is 12.2. The molecule has 1 aliphatic rings. The van der Waals surface area contributed by atoms with Crippen LogP contribution in [0.25, 0.3) is 10.9 Å². The first kappa shape index (κ1) is 28.0. The van der Waals surface area contributed by atoms with Crippen molar-refractivity contribution in [2.24, 2.45) is 0 Å². The molecule has 0 aliphatic carbocycles. The van der Waals surface area contributed by atoms with E-state index in [1.165, 1.54) is 5.69 Å². The third-order valence-electron chi connectivity index (χ3n) is 7.52. The van der Waals surface area contributed by atoms with E-state index in [1.807, 2.05) is 61.7 Å². The van der Waals surface area contributed by atoms with Crippen LogP contribution >= 0.6 is 23.2 Å². The van der Waals surface area contributed by atoms with Crippen LogP contribution in [-0.2, 0) is 16.1 Å². The molecule has 0 radical (unpaired) electrons. The number of nitrogens with one attached hydrogen (secondary N) is 3. The number of fused-ring (bicyclic) bond motifs is 1. The average Bonchev–Trinajstić information content (AvgIpc) is 3.41. The minimum Gasteiger partial charge on any atom is -0.369 e. The van der Waals surface area contributed by atoms with Crippen molar-refractivity contribution in [2.45, 2.75) is 25.4 Å².